The Hall–Kier alpha value is -5.73. The molecule has 1 aromatic heterocycles. The van der Waals surface area contributed by atoms with Crippen LogP contribution in [0.3, 0.4) is 0 Å². The molecule has 0 spiro atoms. The fraction of sp³-hybridized carbons (Fsp3) is 0. The molecule has 4 nitrogen and oxygen atoms in total. The van der Waals surface area contributed by atoms with E-state index in [1.165, 1.54) is 43.9 Å². The molecule has 0 N–H and O–H groups in total. The van der Waals surface area contributed by atoms with Crippen LogP contribution in [0.25, 0.3) is 38.6 Å². The average molecular weight is 533 g/mol. The maximum Gasteiger partial charge on any atom is 0.252 e. The predicted octanol–water partition coefficient (Wildman–Crippen LogP) is 7.04. The van der Waals surface area contributed by atoms with Crippen molar-refractivity contribution in [3.63, 3.8) is 0 Å². The molecular formula is C37H20BN3O. The van der Waals surface area contributed by atoms with Gasteiger partial charge in [-0.1, -0.05) is 72.8 Å². The first kappa shape index (κ1) is 22.0. The first-order valence-electron chi connectivity index (χ1n) is 14.2. The number of hydrogen-bond donors (Lipinski definition) is 0. The van der Waals surface area contributed by atoms with Crippen molar-refractivity contribution in [1.29, 1.82) is 5.26 Å². The minimum absolute atomic E-state index is 0.0510. The number of ether oxygens (including phenoxy) is 1. The number of hydrogen-bond acceptors (Lipinski definition) is 3. The van der Waals surface area contributed by atoms with Crippen molar-refractivity contribution in [1.82, 2.24) is 4.57 Å². The average Bonchev–Trinajstić information content (AvgIpc) is 3.39. The van der Waals surface area contributed by atoms with E-state index in [4.69, 9.17) is 4.74 Å². The highest BCUT2D eigenvalue weighted by atomic mass is 16.5. The molecule has 10 rings (SSSR count). The number of rotatable bonds is 1. The van der Waals surface area contributed by atoms with Gasteiger partial charge in [-0.2, -0.15) is 5.26 Å². The molecule has 3 aliphatic rings. The Kier molecular flexibility index (Phi) is 4.05. The van der Waals surface area contributed by atoms with Crippen LogP contribution in [0.15, 0.2) is 121 Å². The minimum Gasteiger partial charge on any atom is -0.453 e. The molecule has 4 heterocycles. The third-order valence-electron chi connectivity index (χ3n) is 9.16. The molecule has 0 atom stereocenters. The van der Waals surface area contributed by atoms with Crippen molar-refractivity contribution >= 4 is 62.0 Å². The highest BCUT2D eigenvalue weighted by molar-refractivity contribution is 7.00. The van der Waals surface area contributed by atoms with E-state index >= 15 is 0 Å². The van der Waals surface area contributed by atoms with Crippen molar-refractivity contribution in [2.45, 2.75) is 0 Å². The molecule has 3 aliphatic heterocycles. The standard InChI is InChI=1S/C37H20BN3O/c39-21-22-8-5-9-23(18-22)24-19-31-35-32(20-24)41-30-15-3-4-16-33(30)42-34-17-7-13-28(37(34)41)38(35)27-12-6-11-26-25-10-1-2-14-29(25)40(31)36(26)27/h1-20H. The molecule has 0 saturated heterocycles. The Labute approximate surface area is 242 Å². The van der Waals surface area contributed by atoms with Crippen LogP contribution in [0.2, 0.25) is 0 Å². The lowest BCUT2D eigenvalue weighted by Crippen LogP contribution is -2.60. The SMILES string of the molecule is N#Cc1cccc(-c2cc3c4c(c2)-n2c5ccccc5c5cccc(c52)B4c2cccc4c2N3c2ccccc2O4)c1. The second-order valence-corrected chi connectivity index (χ2v) is 11.2. The largest absolute Gasteiger partial charge is 0.453 e. The Bertz CT molecular complexity index is 2380. The van der Waals surface area contributed by atoms with Crippen LogP contribution in [-0.2, 0) is 0 Å². The van der Waals surface area contributed by atoms with Crippen LogP contribution in [0, 0.1) is 11.3 Å². The predicted molar refractivity (Wildman–Crippen MR) is 170 cm³/mol. The van der Waals surface area contributed by atoms with Gasteiger partial charge in [0, 0.05) is 27.7 Å². The van der Waals surface area contributed by atoms with Crippen LogP contribution in [0.4, 0.5) is 17.1 Å². The van der Waals surface area contributed by atoms with E-state index in [0.717, 1.165) is 39.7 Å². The molecular weight excluding hydrogens is 513 g/mol. The minimum atomic E-state index is 0.0510. The summed E-state index contributed by atoms with van der Waals surface area (Å²) in [7, 11) is 0. The van der Waals surface area contributed by atoms with E-state index in [2.05, 4.69) is 107 Å². The van der Waals surface area contributed by atoms with E-state index in [1.807, 2.05) is 30.3 Å². The second kappa shape index (κ2) is 7.72. The Balaban J connectivity index is 1.42. The van der Waals surface area contributed by atoms with Crippen molar-refractivity contribution < 1.29 is 4.74 Å². The molecule has 0 aliphatic carbocycles. The Morgan fingerprint density at radius 2 is 1.38 bits per heavy atom. The van der Waals surface area contributed by atoms with Crippen molar-refractivity contribution in [2.75, 3.05) is 4.90 Å². The smallest absolute Gasteiger partial charge is 0.252 e. The summed E-state index contributed by atoms with van der Waals surface area (Å²) in [6.45, 7) is 0.0510. The Morgan fingerprint density at radius 3 is 2.33 bits per heavy atom. The number of benzene rings is 6. The first-order valence-corrected chi connectivity index (χ1v) is 14.2. The summed E-state index contributed by atoms with van der Waals surface area (Å²) < 4.78 is 9.00. The molecule has 6 aromatic carbocycles. The molecule has 192 valence electrons. The lowest BCUT2D eigenvalue weighted by Gasteiger charge is -2.43. The summed E-state index contributed by atoms with van der Waals surface area (Å²) in [5.41, 5.74) is 13.5. The number of nitriles is 1. The molecule has 0 amide bonds. The lowest BCUT2D eigenvalue weighted by molar-refractivity contribution is 0.477. The van der Waals surface area contributed by atoms with E-state index in [-0.39, 0.29) is 6.71 Å². The lowest BCUT2D eigenvalue weighted by atomic mass is 9.33. The number of anilines is 3. The Morgan fingerprint density at radius 1 is 0.619 bits per heavy atom. The zero-order chi connectivity index (χ0) is 27.5. The second-order valence-electron chi connectivity index (χ2n) is 11.2. The summed E-state index contributed by atoms with van der Waals surface area (Å²) in [5, 5.41) is 12.2. The van der Waals surface area contributed by atoms with Gasteiger partial charge in [0.2, 0.25) is 0 Å². The maximum atomic E-state index is 9.71. The van der Waals surface area contributed by atoms with Gasteiger partial charge < -0.3 is 14.2 Å². The summed E-state index contributed by atoms with van der Waals surface area (Å²) >= 11 is 0. The van der Waals surface area contributed by atoms with E-state index in [1.54, 1.807) is 0 Å². The molecule has 42 heavy (non-hydrogen) atoms. The fourth-order valence-corrected chi connectivity index (χ4v) is 7.54. The van der Waals surface area contributed by atoms with E-state index in [0.29, 0.717) is 5.56 Å². The summed E-state index contributed by atoms with van der Waals surface area (Å²) in [5.74, 6) is 1.71. The van der Waals surface area contributed by atoms with Crippen molar-refractivity contribution in [3.8, 4) is 34.4 Å². The molecule has 7 aromatic rings. The molecule has 0 saturated carbocycles. The molecule has 0 unspecified atom stereocenters. The van der Waals surface area contributed by atoms with Gasteiger partial charge in [-0.25, -0.2) is 0 Å². The van der Waals surface area contributed by atoms with Crippen LogP contribution in [0.1, 0.15) is 5.56 Å². The summed E-state index contributed by atoms with van der Waals surface area (Å²) in [4.78, 5) is 2.40. The van der Waals surface area contributed by atoms with Crippen molar-refractivity contribution in [3.05, 3.63) is 127 Å². The normalized spacial score (nSPS) is 13.3. The third kappa shape index (κ3) is 2.62. The highest BCUT2D eigenvalue weighted by Crippen LogP contribution is 2.52. The van der Waals surface area contributed by atoms with E-state index in [9.17, 15) is 5.26 Å². The number of fused-ring (bicyclic) bond motifs is 9. The van der Waals surface area contributed by atoms with Gasteiger partial charge in [0.15, 0.2) is 11.5 Å². The van der Waals surface area contributed by atoms with Gasteiger partial charge in [0.05, 0.1) is 28.5 Å². The monoisotopic (exact) mass is 533 g/mol. The fourth-order valence-electron chi connectivity index (χ4n) is 7.54. The highest BCUT2D eigenvalue weighted by Gasteiger charge is 2.44. The van der Waals surface area contributed by atoms with Crippen molar-refractivity contribution in [2.24, 2.45) is 0 Å². The number of nitrogens with zero attached hydrogens (tertiary/aromatic N) is 3. The van der Waals surface area contributed by atoms with Crippen LogP contribution >= 0.6 is 0 Å². The molecule has 0 fully saturated rings. The zero-order valence-electron chi connectivity index (χ0n) is 22.4. The summed E-state index contributed by atoms with van der Waals surface area (Å²) in [6.07, 6.45) is 0. The first-order chi connectivity index (χ1) is 20.8. The third-order valence-corrected chi connectivity index (χ3v) is 9.16. The summed E-state index contributed by atoms with van der Waals surface area (Å²) in [6, 6.07) is 45.1. The van der Waals surface area contributed by atoms with Gasteiger partial charge in [0.1, 0.15) is 0 Å². The van der Waals surface area contributed by atoms with Gasteiger partial charge in [-0.05, 0) is 76.0 Å². The van der Waals surface area contributed by atoms with Crippen LogP contribution in [0.5, 0.6) is 11.5 Å². The number of aromatic nitrogens is 1. The maximum absolute atomic E-state index is 9.71. The zero-order valence-corrected chi connectivity index (χ0v) is 22.4. The van der Waals surface area contributed by atoms with Gasteiger partial charge in [-0.3, -0.25) is 0 Å². The molecule has 0 radical (unpaired) electrons. The van der Waals surface area contributed by atoms with Gasteiger partial charge in [-0.15, -0.1) is 0 Å². The van der Waals surface area contributed by atoms with Crippen LogP contribution in [-0.4, -0.2) is 11.3 Å². The van der Waals surface area contributed by atoms with Gasteiger partial charge in [0.25, 0.3) is 6.71 Å². The van der Waals surface area contributed by atoms with Gasteiger partial charge >= 0.3 is 0 Å². The van der Waals surface area contributed by atoms with Crippen LogP contribution < -0.4 is 26.0 Å². The number of para-hydroxylation sites is 5. The topological polar surface area (TPSA) is 41.2 Å². The van der Waals surface area contributed by atoms with E-state index < -0.39 is 0 Å². The quantitative estimate of drug-likeness (QED) is 0.213. The molecule has 0 bridgehead atoms. The molecule has 5 heteroatoms.